The number of hydrogen-bond acceptors (Lipinski definition) is 3. The van der Waals surface area contributed by atoms with Crippen molar-refractivity contribution in [2.24, 2.45) is 5.41 Å². The molecule has 0 amide bonds. The summed E-state index contributed by atoms with van der Waals surface area (Å²) in [5.74, 6) is 0.732. The Kier molecular flexibility index (Phi) is 3.62. The molecule has 2 aromatic rings. The molecule has 1 aliphatic carbocycles. The first kappa shape index (κ1) is 14.7. The predicted octanol–water partition coefficient (Wildman–Crippen LogP) is 4.71. The van der Waals surface area contributed by atoms with Crippen LogP contribution in [0.1, 0.15) is 36.3 Å². The fourth-order valence-corrected chi connectivity index (χ4v) is 3.03. The van der Waals surface area contributed by atoms with Gasteiger partial charge >= 0.3 is 0 Å². The molecule has 1 aliphatic rings. The third kappa shape index (κ3) is 2.87. The molecular formula is C16H14BrClN2O. The smallest absolute Gasteiger partial charge is 0.166 e. The highest BCUT2D eigenvalue weighted by atomic mass is 79.9. The lowest BCUT2D eigenvalue weighted by Gasteiger charge is -2.29. The largest absolute Gasteiger partial charge is 0.294 e. The van der Waals surface area contributed by atoms with Crippen LogP contribution >= 0.6 is 27.5 Å². The molecule has 0 N–H and O–H groups in total. The summed E-state index contributed by atoms with van der Waals surface area (Å²) in [6.07, 6.45) is 2.98. The molecule has 0 bridgehead atoms. The van der Waals surface area contributed by atoms with E-state index in [4.69, 9.17) is 11.6 Å². The first-order valence-electron chi connectivity index (χ1n) is 6.70. The van der Waals surface area contributed by atoms with Gasteiger partial charge in [-0.15, -0.1) is 0 Å². The van der Waals surface area contributed by atoms with Crippen LogP contribution in [-0.4, -0.2) is 15.8 Å². The molecule has 1 aromatic heterocycles. The fourth-order valence-electron chi connectivity index (χ4n) is 2.60. The van der Waals surface area contributed by atoms with Crippen LogP contribution in [0.3, 0.4) is 0 Å². The predicted molar refractivity (Wildman–Crippen MR) is 86.6 cm³/mol. The molecule has 1 heterocycles. The molecule has 0 saturated carbocycles. The molecule has 0 aliphatic heterocycles. The van der Waals surface area contributed by atoms with Crippen LogP contribution in [0.2, 0.25) is 5.02 Å². The number of ketones is 1. The van der Waals surface area contributed by atoms with Crippen molar-refractivity contribution in [3.8, 4) is 11.4 Å². The SMILES string of the molecule is CC1(C)CC(=O)c2cnc(-c3ccc(Br)c(Cl)c3)nc2C1. The second kappa shape index (κ2) is 5.18. The zero-order valence-electron chi connectivity index (χ0n) is 11.8. The van der Waals surface area contributed by atoms with Crippen LogP contribution in [0, 0.1) is 5.41 Å². The molecule has 3 nitrogen and oxygen atoms in total. The molecule has 0 saturated heterocycles. The van der Waals surface area contributed by atoms with Crippen molar-refractivity contribution < 1.29 is 4.79 Å². The van der Waals surface area contributed by atoms with E-state index >= 15 is 0 Å². The summed E-state index contributed by atoms with van der Waals surface area (Å²) >= 11 is 9.49. The average molecular weight is 366 g/mol. The summed E-state index contributed by atoms with van der Waals surface area (Å²) in [5, 5.41) is 0.616. The molecule has 3 rings (SSSR count). The minimum atomic E-state index is -0.0485. The Morgan fingerprint density at radius 2 is 2.05 bits per heavy atom. The van der Waals surface area contributed by atoms with E-state index in [1.807, 2.05) is 18.2 Å². The quantitative estimate of drug-likeness (QED) is 0.734. The van der Waals surface area contributed by atoms with Gasteiger partial charge in [0, 0.05) is 22.7 Å². The second-order valence-corrected chi connectivity index (χ2v) is 7.39. The van der Waals surface area contributed by atoms with Crippen LogP contribution < -0.4 is 0 Å². The Morgan fingerprint density at radius 3 is 2.76 bits per heavy atom. The van der Waals surface area contributed by atoms with Crippen LogP contribution in [0.15, 0.2) is 28.9 Å². The molecule has 1 aromatic carbocycles. The molecule has 108 valence electrons. The van der Waals surface area contributed by atoms with Gasteiger partial charge in [0.15, 0.2) is 11.6 Å². The number of fused-ring (bicyclic) bond motifs is 1. The normalized spacial score (nSPS) is 16.7. The van der Waals surface area contributed by atoms with E-state index in [2.05, 4.69) is 39.7 Å². The van der Waals surface area contributed by atoms with Gasteiger partial charge in [-0.25, -0.2) is 9.97 Å². The lowest BCUT2D eigenvalue weighted by Crippen LogP contribution is -2.28. The molecule has 0 fully saturated rings. The van der Waals surface area contributed by atoms with Crippen molar-refractivity contribution in [3.05, 3.63) is 45.1 Å². The minimum Gasteiger partial charge on any atom is -0.294 e. The summed E-state index contributed by atoms with van der Waals surface area (Å²) in [7, 11) is 0. The van der Waals surface area contributed by atoms with Gasteiger partial charge in [-0.3, -0.25) is 4.79 Å². The van der Waals surface area contributed by atoms with Gasteiger partial charge in [-0.05, 0) is 46.0 Å². The van der Waals surface area contributed by atoms with E-state index in [9.17, 15) is 4.79 Å². The number of aromatic nitrogens is 2. The fraction of sp³-hybridized carbons (Fsp3) is 0.312. The van der Waals surface area contributed by atoms with E-state index in [1.165, 1.54) is 0 Å². The maximum atomic E-state index is 12.1. The Morgan fingerprint density at radius 1 is 1.29 bits per heavy atom. The number of halogens is 2. The Bertz CT molecular complexity index is 743. The number of Topliss-reactive ketones (excluding diaryl/α,β-unsaturated/α-hetero) is 1. The van der Waals surface area contributed by atoms with Crippen LogP contribution in [0.5, 0.6) is 0 Å². The standard InChI is InChI=1S/C16H14BrClN2O/c1-16(2)6-13-10(14(21)7-16)8-19-15(20-13)9-3-4-11(17)12(18)5-9/h3-5,8H,6-7H2,1-2H3. The number of carbonyl (C=O) groups excluding carboxylic acids is 1. The van der Waals surface area contributed by atoms with Crippen LogP contribution in [-0.2, 0) is 6.42 Å². The lowest BCUT2D eigenvalue weighted by molar-refractivity contribution is 0.0910. The maximum Gasteiger partial charge on any atom is 0.166 e. The first-order valence-corrected chi connectivity index (χ1v) is 7.87. The molecule has 0 unspecified atom stereocenters. The molecule has 0 radical (unpaired) electrons. The Hall–Kier alpha value is -1.26. The average Bonchev–Trinajstić information content (AvgIpc) is 2.40. The van der Waals surface area contributed by atoms with Crippen molar-refractivity contribution in [1.29, 1.82) is 0 Å². The van der Waals surface area contributed by atoms with Crippen molar-refractivity contribution >= 4 is 33.3 Å². The molecule has 21 heavy (non-hydrogen) atoms. The third-order valence-electron chi connectivity index (χ3n) is 3.63. The van der Waals surface area contributed by atoms with E-state index in [0.717, 1.165) is 22.2 Å². The van der Waals surface area contributed by atoms with Gasteiger partial charge in [0.1, 0.15) is 0 Å². The summed E-state index contributed by atoms with van der Waals surface area (Å²) in [6, 6.07) is 5.60. The Balaban J connectivity index is 2.07. The number of carbonyl (C=O) groups is 1. The molecule has 0 spiro atoms. The molecule has 5 heteroatoms. The van der Waals surface area contributed by atoms with Gasteiger partial charge in [0.2, 0.25) is 0 Å². The van der Waals surface area contributed by atoms with E-state index < -0.39 is 0 Å². The number of benzene rings is 1. The zero-order chi connectivity index (χ0) is 15.2. The van der Waals surface area contributed by atoms with Crippen molar-refractivity contribution in [2.45, 2.75) is 26.7 Å². The highest BCUT2D eigenvalue weighted by molar-refractivity contribution is 9.10. The maximum absolute atomic E-state index is 12.1. The summed E-state index contributed by atoms with van der Waals surface area (Å²) < 4.78 is 0.835. The van der Waals surface area contributed by atoms with Gasteiger partial charge < -0.3 is 0 Å². The number of nitrogens with zero attached hydrogens (tertiary/aromatic N) is 2. The van der Waals surface area contributed by atoms with Crippen molar-refractivity contribution in [3.63, 3.8) is 0 Å². The van der Waals surface area contributed by atoms with E-state index in [1.54, 1.807) is 6.20 Å². The number of rotatable bonds is 1. The van der Waals surface area contributed by atoms with Crippen LogP contribution in [0.25, 0.3) is 11.4 Å². The van der Waals surface area contributed by atoms with Gasteiger partial charge in [0.25, 0.3) is 0 Å². The third-order valence-corrected chi connectivity index (χ3v) is 4.86. The minimum absolute atomic E-state index is 0.0485. The lowest BCUT2D eigenvalue weighted by atomic mass is 9.76. The highest BCUT2D eigenvalue weighted by Gasteiger charge is 2.32. The monoisotopic (exact) mass is 364 g/mol. The van der Waals surface area contributed by atoms with Crippen molar-refractivity contribution in [2.75, 3.05) is 0 Å². The molecular weight excluding hydrogens is 352 g/mol. The van der Waals surface area contributed by atoms with Gasteiger partial charge in [0.05, 0.1) is 16.3 Å². The topological polar surface area (TPSA) is 42.9 Å². The van der Waals surface area contributed by atoms with Crippen LogP contribution in [0.4, 0.5) is 0 Å². The molecule has 0 atom stereocenters. The zero-order valence-corrected chi connectivity index (χ0v) is 14.1. The summed E-state index contributed by atoms with van der Waals surface area (Å²) in [4.78, 5) is 21.1. The van der Waals surface area contributed by atoms with Gasteiger partial charge in [-0.2, -0.15) is 0 Å². The second-order valence-electron chi connectivity index (χ2n) is 6.12. The van der Waals surface area contributed by atoms with E-state index in [0.29, 0.717) is 22.8 Å². The summed E-state index contributed by atoms with van der Waals surface area (Å²) in [6.45, 7) is 4.18. The van der Waals surface area contributed by atoms with Gasteiger partial charge in [-0.1, -0.05) is 25.4 Å². The number of hydrogen-bond donors (Lipinski definition) is 0. The first-order chi connectivity index (χ1) is 9.85. The summed E-state index contributed by atoms with van der Waals surface area (Å²) in [5.41, 5.74) is 2.29. The van der Waals surface area contributed by atoms with Crippen molar-refractivity contribution in [1.82, 2.24) is 9.97 Å². The Labute approximate surface area is 136 Å². The van der Waals surface area contributed by atoms with E-state index in [-0.39, 0.29) is 11.2 Å². The highest BCUT2D eigenvalue weighted by Crippen LogP contribution is 2.34.